The first-order chi connectivity index (χ1) is 11.6. The van der Waals surface area contributed by atoms with E-state index in [0.717, 1.165) is 5.69 Å². The Balaban J connectivity index is 2.03. The highest BCUT2D eigenvalue weighted by atomic mass is 16.3. The number of para-hydroxylation sites is 1. The molecular formula is C19H18N2O3. The van der Waals surface area contributed by atoms with Gasteiger partial charge in [0.05, 0.1) is 23.6 Å². The number of hydrogen-bond acceptors (Lipinski definition) is 5. The molecule has 5 heteroatoms. The number of Topliss-reactive ketones (excluding diaryl/α,β-unsaturated/α-hetero) is 2. The van der Waals surface area contributed by atoms with E-state index in [9.17, 15) is 9.59 Å². The molecule has 0 heterocycles. The van der Waals surface area contributed by atoms with Crippen molar-refractivity contribution >= 4 is 22.9 Å². The van der Waals surface area contributed by atoms with Crippen molar-refractivity contribution in [2.75, 3.05) is 18.5 Å². The molecule has 0 radical (unpaired) electrons. The number of fused-ring (bicyclic) bond motifs is 1. The Morgan fingerprint density at radius 3 is 2.42 bits per heavy atom. The lowest BCUT2D eigenvalue weighted by molar-refractivity contribution is 0.0968. The average molecular weight is 322 g/mol. The molecule has 0 aromatic heterocycles. The van der Waals surface area contributed by atoms with Gasteiger partial charge in [0.2, 0.25) is 5.78 Å². The lowest BCUT2D eigenvalue weighted by Gasteiger charge is -2.22. The van der Waals surface area contributed by atoms with Gasteiger partial charge in [-0.05, 0) is 25.1 Å². The van der Waals surface area contributed by atoms with Crippen LogP contribution in [0.15, 0.2) is 59.8 Å². The Bertz CT molecular complexity index is 826. The highest BCUT2D eigenvalue weighted by Gasteiger charge is 2.31. The fourth-order valence-electron chi connectivity index (χ4n) is 2.77. The Hall–Kier alpha value is -2.92. The summed E-state index contributed by atoms with van der Waals surface area (Å²) in [6.07, 6.45) is 0. The van der Waals surface area contributed by atoms with Crippen LogP contribution in [0.5, 0.6) is 0 Å². The van der Waals surface area contributed by atoms with Gasteiger partial charge in [0.25, 0.3) is 0 Å². The van der Waals surface area contributed by atoms with Crippen LogP contribution in [-0.2, 0) is 0 Å². The van der Waals surface area contributed by atoms with Gasteiger partial charge in [-0.15, -0.1) is 0 Å². The molecule has 5 nitrogen and oxygen atoms in total. The van der Waals surface area contributed by atoms with Gasteiger partial charge in [0, 0.05) is 23.4 Å². The quantitative estimate of drug-likeness (QED) is 0.789. The topological polar surface area (TPSA) is 78.4 Å². The number of carbonyl (C=O) groups excluding carboxylic acids is 2. The van der Waals surface area contributed by atoms with E-state index in [0.29, 0.717) is 22.4 Å². The number of nitrogens with one attached hydrogen (secondary N) is 2. The van der Waals surface area contributed by atoms with Crippen LogP contribution in [0.3, 0.4) is 0 Å². The Morgan fingerprint density at radius 2 is 1.71 bits per heavy atom. The van der Waals surface area contributed by atoms with Gasteiger partial charge in [-0.1, -0.05) is 30.3 Å². The number of hydrogen-bond donors (Lipinski definition) is 3. The molecule has 0 aliphatic heterocycles. The summed E-state index contributed by atoms with van der Waals surface area (Å²) in [5.74, 6) is -0.420. The molecule has 3 rings (SSSR count). The maximum atomic E-state index is 12.8. The SMILES string of the molecule is CC1=C(NCCO)C(=O)c2cccc(Nc3ccccc3)c2C1=O. The molecular weight excluding hydrogens is 304 g/mol. The third-order valence-electron chi connectivity index (χ3n) is 3.95. The Labute approximate surface area is 140 Å². The minimum Gasteiger partial charge on any atom is -0.395 e. The molecule has 122 valence electrons. The summed E-state index contributed by atoms with van der Waals surface area (Å²) >= 11 is 0. The third-order valence-corrected chi connectivity index (χ3v) is 3.95. The summed E-state index contributed by atoms with van der Waals surface area (Å²) in [7, 11) is 0. The maximum absolute atomic E-state index is 12.8. The minimum absolute atomic E-state index is 0.110. The number of allylic oxidation sites excluding steroid dienone is 2. The van der Waals surface area contributed by atoms with Gasteiger partial charge >= 0.3 is 0 Å². The summed E-state index contributed by atoms with van der Waals surface area (Å²) in [5.41, 5.74) is 2.83. The van der Waals surface area contributed by atoms with Crippen LogP contribution >= 0.6 is 0 Å². The van der Waals surface area contributed by atoms with Crippen LogP contribution in [-0.4, -0.2) is 29.8 Å². The molecule has 0 unspecified atom stereocenters. The number of carbonyl (C=O) groups is 2. The number of ketones is 2. The second-order valence-corrected chi connectivity index (χ2v) is 5.53. The van der Waals surface area contributed by atoms with Crippen molar-refractivity contribution in [2.45, 2.75) is 6.92 Å². The van der Waals surface area contributed by atoms with Gasteiger partial charge in [-0.2, -0.15) is 0 Å². The molecule has 24 heavy (non-hydrogen) atoms. The largest absolute Gasteiger partial charge is 0.395 e. The monoisotopic (exact) mass is 322 g/mol. The summed E-state index contributed by atoms with van der Waals surface area (Å²) in [4.78, 5) is 25.5. The predicted octanol–water partition coefficient (Wildman–Crippen LogP) is 2.67. The molecule has 0 bridgehead atoms. The smallest absolute Gasteiger partial charge is 0.210 e. The molecule has 1 aliphatic rings. The number of anilines is 2. The molecule has 2 aromatic carbocycles. The van der Waals surface area contributed by atoms with E-state index in [-0.39, 0.29) is 30.4 Å². The second-order valence-electron chi connectivity index (χ2n) is 5.53. The van der Waals surface area contributed by atoms with Gasteiger partial charge < -0.3 is 15.7 Å². The number of aliphatic hydroxyl groups excluding tert-OH is 1. The molecule has 0 saturated heterocycles. The van der Waals surface area contributed by atoms with E-state index in [4.69, 9.17) is 5.11 Å². The first-order valence-electron chi connectivity index (χ1n) is 7.73. The summed E-state index contributed by atoms with van der Waals surface area (Å²) in [6, 6.07) is 14.7. The highest BCUT2D eigenvalue weighted by molar-refractivity contribution is 6.28. The number of rotatable bonds is 5. The van der Waals surface area contributed by atoms with Gasteiger partial charge in [-0.3, -0.25) is 9.59 Å². The van der Waals surface area contributed by atoms with Crippen LogP contribution < -0.4 is 10.6 Å². The fourth-order valence-corrected chi connectivity index (χ4v) is 2.77. The van der Waals surface area contributed by atoms with Crippen molar-refractivity contribution in [3.05, 3.63) is 70.9 Å². The van der Waals surface area contributed by atoms with Crippen LogP contribution in [0.4, 0.5) is 11.4 Å². The molecule has 2 aromatic rings. The number of benzene rings is 2. The summed E-state index contributed by atoms with van der Waals surface area (Å²) < 4.78 is 0. The second kappa shape index (κ2) is 6.68. The summed E-state index contributed by atoms with van der Waals surface area (Å²) in [5, 5.41) is 15.0. The number of aliphatic hydroxyl groups is 1. The first-order valence-corrected chi connectivity index (χ1v) is 7.73. The zero-order chi connectivity index (χ0) is 17.1. The van der Waals surface area contributed by atoms with Gasteiger partial charge in [0.15, 0.2) is 5.78 Å². The molecule has 0 spiro atoms. The molecule has 3 N–H and O–H groups in total. The molecule has 0 saturated carbocycles. The third kappa shape index (κ3) is 2.81. The zero-order valence-corrected chi connectivity index (χ0v) is 13.3. The van der Waals surface area contributed by atoms with E-state index in [2.05, 4.69) is 10.6 Å². The summed E-state index contributed by atoms with van der Waals surface area (Å²) in [6.45, 7) is 1.74. The molecule has 0 amide bonds. The zero-order valence-electron chi connectivity index (χ0n) is 13.3. The van der Waals surface area contributed by atoms with E-state index in [1.807, 2.05) is 30.3 Å². The van der Waals surface area contributed by atoms with E-state index in [1.54, 1.807) is 25.1 Å². The van der Waals surface area contributed by atoms with Crippen molar-refractivity contribution in [1.82, 2.24) is 5.32 Å². The van der Waals surface area contributed by atoms with Crippen molar-refractivity contribution in [1.29, 1.82) is 0 Å². The molecule has 0 atom stereocenters. The van der Waals surface area contributed by atoms with Gasteiger partial charge in [-0.25, -0.2) is 0 Å². The maximum Gasteiger partial charge on any atom is 0.210 e. The molecule has 1 aliphatic carbocycles. The van der Waals surface area contributed by atoms with Crippen molar-refractivity contribution in [3.63, 3.8) is 0 Å². The van der Waals surface area contributed by atoms with Crippen molar-refractivity contribution < 1.29 is 14.7 Å². The van der Waals surface area contributed by atoms with Crippen molar-refractivity contribution in [2.24, 2.45) is 0 Å². The first kappa shape index (κ1) is 16.0. The van der Waals surface area contributed by atoms with Crippen LogP contribution in [0.25, 0.3) is 0 Å². The normalized spacial score (nSPS) is 13.8. The highest BCUT2D eigenvalue weighted by Crippen LogP contribution is 2.32. The average Bonchev–Trinajstić information content (AvgIpc) is 2.60. The lowest BCUT2D eigenvalue weighted by atomic mass is 9.86. The lowest BCUT2D eigenvalue weighted by Crippen LogP contribution is -2.31. The van der Waals surface area contributed by atoms with E-state index >= 15 is 0 Å². The van der Waals surface area contributed by atoms with Crippen LogP contribution in [0, 0.1) is 0 Å². The Morgan fingerprint density at radius 1 is 0.958 bits per heavy atom. The van der Waals surface area contributed by atoms with E-state index in [1.165, 1.54) is 0 Å². The van der Waals surface area contributed by atoms with Crippen LogP contribution in [0.2, 0.25) is 0 Å². The Kier molecular flexibility index (Phi) is 4.44. The minimum atomic E-state index is -0.229. The van der Waals surface area contributed by atoms with Crippen LogP contribution in [0.1, 0.15) is 27.6 Å². The fraction of sp³-hybridized carbons (Fsp3) is 0.158. The molecule has 0 fully saturated rings. The van der Waals surface area contributed by atoms with Crippen molar-refractivity contribution in [3.8, 4) is 0 Å². The standard InChI is InChI=1S/C19H18N2O3/c1-12-17(20-10-11-22)19(24)14-8-5-9-15(16(14)18(12)23)21-13-6-3-2-4-7-13/h2-9,20-22H,10-11H2,1H3. The van der Waals surface area contributed by atoms with Gasteiger partial charge in [0.1, 0.15) is 0 Å². The predicted molar refractivity (Wildman–Crippen MR) is 92.6 cm³/mol. The van der Waals surface area contributed by atoms with E-state index < -0.39 is 0 Å².